The van der Waals surface area contributed by atoms with E-state index in [0.717, 1.165) is 0 Å². The van der Waals surface area contributed by atoms with Gasteiger partial charge in [0, 0.05) is 0 Å². The molecule has 2 heterocycles. The van der Waals surface area contributed by atoms with Gasteiger partial charge in [0.15, 0.2) is 17.4 Å². The summed E-state index contributed by atoms with van der Waals surface area (Å²) in [5.74, 6) is 0.968. The highest BCUT2D eigenvalue weighted by Gasteiger charge is 2.11. The lowest BCUT2D eigenvalue weighted by Gasteiger charge is -2.04. The van der Waals surface area contributed by atoms with Crippen LogP contribution in [-0.4, -0.2) is 22.7 Å². The third kappa shape index (κ3) is 3.46. The van der Waals surface area contributed by atoms with Gasteiger partial charge < -0.3 is 9.15 Å². The van der Waals surface area contributed by atoms with E-state index in [0.29, 0.717) is 21.6 Å². The fourth-order valence-electron chi connectivity index (χ4n) is 1.59. The van der Waals surface area contributed by atoms with Gasteiger partial charge in [0.2, 0.25) is 5.13 Å². The molecule has 0 aliphatic heterocycles. The molecule has 0 unspecified atom stereocenters. The predicted octanol–water partition coefficient (Wildman–Crippen LogP) is 2.82. The second-order valence-electron chi connectivity index (χ2n) is 4.04. The Morgan fingerprint density at radius 1 is 1.19 bits per heavy atom. The van der Waals surface area contributed by atoms with Crippen molar-refractivity contribution in [2.45, 2.75) is 0 Å². The van der Waals surface area contributed by atoms with E-state index >= 15 is 0 Å². The first-order chi connectivity index (χ1) is 10.3. The fourth-order valence-corrected chi connectivity index (χ4v) is 2.32. The smallest absolute Gasteiger partial charge is 0.264 e. The highest BCUT2D eigenvalue weighted by atomic mass is 32.1. The van der Waals surface area contributed by atoms with Gasteiger partial charge in [0.05, 0.1) is 6.26 Å². The number of benzene rings is 1. The zero-order valence-corrected chi connectivity index (χ0v) is 11.7. The first-order valence-corrected chi connectivity index (χ1v) is 6.98. The molecule has 0 fully saturated rings. The Morgan fingerprint density at radius 3 is 2.81 bits per heavy atom. The van der Waals surface area contributed by atoms with Crippen LogP contribution in [0.4, 0.5) is 5.13 Å². The minimum absolute atomic E-state index is 0.0837. The number of para-hydroxylation sites is 1. The standard InChI is InChI=1S/C14H11N3O3S/c18-12(9-20-10-5-2-1-3-6-10)15-14-17-16-13(21-14)11-7-4-8-19-11/h1-8H,9H2,(H,15,17,18). The molecule has 0 bridgehead atoms. The maximum atomic E-state index is 11.8. The number of hydrogen-bond donors (Lipinski definition) is 1. The minimum Gasteiger partial charge on any atom is -0.484 e. The van der Waals surface area contributed by atoms with Gasteiger partial charge in [0.1, 0.15) is 5.75 Å². The topological polar surface area (TPSA) is 77.2 Å². The number of hydrogen-bond acceptors (Lipinski definition) is 6. The van der Waals surface area contributed by atoms with Crippen molar-refractivity contribution in [3.05, 3.63) is 48.7 Å². The van der Waals surface area contributed by atoms with Gasteiger partial charge in [-0.15, -0.1) is 10.2 Å². The minimum atomic E-state index is -0.291. The van der Waals surface area contributed by atoms with E-state index in [1.54, 1.807) is 30.5 Å². The Balaban J connectivity index is 1.55. The van der Waals surface area contributed by atoms with Gasteiger partial charge in [-0.25, -0.2) is 0 Å². The number of carbonyl (C=O) groups is 1. The molecule has 0 spiro atoms. The summed E-state index contributed by atoms with van der Waals surface area (Å²) >= 11 is 1.24. The van der Waals surface area contributed by atoms with Crippen LogP contribution in [0.1, 0.15) is 0 Å². The van der Waals surface area contributed by atoms with E-state index in [1.807, 2.05) is 18.2 Å². The summed E-state index contributed by atoms with van der Waals surface area (Å²) in [5, 5.41) is 11.5. The molecule has 0 atom stereocenters. The molecule has 0 saturated heterocycles. The molecule has 2 aromatic heterocycles. The monoisotopic (exact) mass is 301 g/mol. The summed E-state index contributed by atoms with van der Waals surface area (Å²) in [5.41, 5.74) is 0. The Hall–Kier alpha value is -2.67. The highest BCUT2D eigenvalue weighted by Crippen LogP contribution is 2.26. The lowest BCUT2D eigenvalue weighted by atomic mass is 10.3. The van der Waals surface area contributed by atoms with Crippen molar-refractivity contribution >= 4 is 22.4 Å². The molecular weight excluding hydrogens is 290 g/mol. The Kier molecular flexibility index (Phi) is 3.92. The van der Waals surface area contributed by atoms with Crippen LogP contribution in [0, 0.1) is 0 Å². The summed E-state index contributed by atoms with van der Waals surface area (Å²) in [7, 11) is 0. The molecule has 0 aliphatic rings. The van der Waals surface area contributed by atoms with Crippen molar-refractivity contribution in [2.75, 3.05) is 11.9 Å². The number of nitrogens with one attached hydrogen (secondary N) is 1. The number of amides is 1. The summed E-state index contributed by atoms with van der Waals surface area (Å²) in [4.78, 5) is 11.8. The normalized spacial score (nSPS) is 10.3. The van der Waals surface area contributed by atoms with Crippen LogP contribution in [0.15, 0.2) is 53.1 Å². The summed E-state index contributed by atoms with van der Waals surface area (Å²) in [6, 6.07) is 12.7. The number of carbonyl (C=O) groups excluding carboxylic acids is 1. The van der Waals surface area contributed by atoms with Crippen molar-refractivity contribution in [2.24, 2.45) is 0 Å². The maximum Gasteiger partial charge on any atom is 0.264 e. The van der Waals surface area contributed by atoms with E-state index in [9.17, 15) is 4.79 Å². The van der Waals surface area contributed by atoms with Crippen LogP contribution in [0.3, 0.4) is 0 Å². The molecule has 0 radical (unpaired) electrons. The Labute approximate surface area is 124 Å². The molecule has 7 heteroatoms. The zero-order chi connectivity index (χ0) is 14.5. The predicted molar refractivity (Wildman–Crippen MR) is 78.2 cm³/mol. The van der Waals surface area contributed by atoms with Crippen LogP contribution >= 0.6 is 11.3 Å². The van der Waals surface area contributed by atoms with Crippen LogP contribution in [0.2, 0.25) is 0 Å². The van der Waals surface area contributed by atoms with Crippen molar-refractivity contribution in [3.63, 3.8) is 0 Å². The second kappa shape index (κ2) is 6.19. The van der Waals surface area contributed by atoms with Crippen LogP contribution < -0.4 is 10.1 Å². The number of furan rings is 1. The zero-order valence-electron chi connectivity index (χ0n) is 10.9. The summed E-state index contributed by atoms with van der Waals surface area (Å²) in [6.45, 7) is -0.0837. The first kappa shape index (κ1) is 13.3. The molecule has 1 aromatic carbocycles. The molecule has 1 N–H and O–H groups in total. The molecule has 6 nitrogen and oxygen atoms in total. The molecule has 21 heavy (non-hydrogen) atoms. The number of aromatic nitrogens is 2. The van der Waals surface area contributed by atoms with Crippen molar-refractivity contribution in [1.82, 2.24) is 10.2 Å². The Bertz CT molecular complexity index is 710. The lowest BCUT2D eigenvalue weighted by Crippen LogP contribution is -2.20. The third-order valence-electron chi connectivity index (χ3n) is 2.52. The largest absolute Gasteiger partial charge is 0.484 e. The van der Waals surface area contributed by atoms with E-state index in [4.69, 9.17) is 9.15 Å². The van der Waals surface area contributed by atoms with Crippen LogP contribution in [0.5, 0.6) is 5.75 Å². The van der Waals surface area contributed by atoms with Gasteiger partial charge in [-0.2, -0.15) is 0 Å². The first-order valence-electron chi connectivity index (χ1n) is 6.16. The van der Waals surface area contributed by atoms with Crippen molar-refractivity contribution in [1.29, 1.82) is 0 Å². The molecule has 3 aromatic rings. The second-order valence-corrected chi connectivity index (χ2v) is 5.02. The average Bonchev–Trinajstić information content (AvgIpc) is 3.17. The molecule has 0 saturated carbocycles. The van der Waals surface area contributed by atoms with Gasteiger partial charge in [-0.1, -0.05) is 29.5 Å². The number of rotatable bonds is 5. The molecule has 106 valence electrons. The van der Waals surface area contributed by atoms with Crippen LogP contribution in [0.25, 0.3) is 10.8 Å². The van der Waals surface area contributed by atoms with Gasteiger partial charge in [-0.3, -0.25) is 10.1 Å². The van der Waals surface area contributed by atoms with E-state index < -0.39 is 0 Å². The van der Waals surface area contributed by atoms with Gasteiger partial charge in [0.25, 0.3) is 5.91 Å². The number of ether oxygens (including phenoxy) is 1. The molecule has 3 rings (SSSR count). The SMILES string of the molecule is O=C(COc1ccccc1)Nc1nnc(-c2ccco2)s1. The van der Waals surface area contributed by atoms with Gasteiger partial charge >= 0.3 is 0 Å². The summed E-state index contributed by atoms with van der Waals surface area (Å²) < 4.78 is 10.6. The third-order valence-corrected chi connectivity index (χ3v) is 3.37. The lowest BCUT2D eigenvalue weighted by molar-refractivity contribution is -0.118. The van der Waals surface area contributed by atoms with E-state index in [1.165, 1.54) is 11.3 Å². The van der Waals surface area contributed by atoms with Crippen LogP contribution in [-0.2, 0) is 4.79 Å². The fraction of sp³-hybridized carbons (Fsp3) is 0.0714. The summed E-state index contributed by atoms with van der Waals surface area (Å²) in [6.07, 6.45) is 1.56. The molecule has 1 amide bonds. The van der Waals surface area contributed by atoms with Gasteiger partial charge in [-0.05, 0) is 24.3 Å². The van der Waals surface area contributed by atoms with Crippen molar-refractivity contribution in [3.8, 4) is 16.5 Å². The molecule has 0 aliphatic carbocycles. The average molecular weight is 301 g/mol. The van der Waals surface area contributed by atoms with Crippen molar-refractivity contribution < 1.29 is 13.9 Å². The maximum absolute atomic E-state index is 11.8. The number of nitrogens with zero attached hydrogens (tertiary/aromatic N) is 2. The molecular formula is C14H11N3O3S. The van der Waals surface area contributed by atoms with E-state index in [2.05, 4.69) is 15.5 Å². The Morgan fingerprint density at radius 2 is 2.05 bits per heavy atom. The quantitative estimate of drug-likeness (QED) is 0.784. The highest BCUT2D eigenvalue weighted by molar-refractivity contribution is 7.18. The number of anilines is 1. The van der Waals surface area contributed by atoms with E-state index in [-0.39, 0.29) is 12.5 Å².